The average Bonchev–Trinajstić information content (AvgIpc) is 2.77. The minimum Gasteiger partial charge on any atom is -0.309 e. The SMILES string of the molecule is CNC(c1ccc(Br)s1)c1ccc(F)c(F)c1F. The standard InChI is InChI=1S/C12H9BrF3NS/c1-17-12(8-4-5-9(13)18-8)6-2-3-7(14)11(16)10(6)15/h2-5,12,17H,1H3. The highest BCUT2D eigenvalue weighted by Gasteiger charge is 2.22. The first-order valence-electron chi connectivity index (χ1n) is 5.10. The van der Waals surface area contributed by atoms with Crippen LogP contribution in [-0.4, -0.2) is 7.05 Å². The Hall–Kier alpha value is -0.850. The Kier molecular flexibility index (Phi) is 4.09. The molecule has 1 N–H and O–H groups in total. The number of benzene rings is 1. The molecule has 0 radical (unpaired) electrons. The van der Waals surface area contributed by atoms with Gasteiger partial charge in [-0.2, -0.15) is 0 Å². The van der Waals surface area contributed by atoms with Gasteiger partial charge in [-0.05, 0) is 41.2 Å². The molecule has 18 heavy (non-hydrogen) atoms. The molecule has 2 aromatic rings. The lowest BCUT2D eigenvalue weighted by Gasteiger charge is -2.16. The zero-order chi connectivity index (χ0) is 13.3. The molecule has 0 bridgehead atoms. The summed E-state index contributed by atoms with van der Waals surface area (Å²) in [5.74, 6) is -3.78. The molecular formula is C12H9BrF3NS. The number of rotatable bonds is 3. The summed E-state index contributed by atoms with van der Waals surface area (Å²) in [6.45, 7) is 0. The van der Waals surface area contributed by atoms with Gasteiger partial charge in [0.05, 0.1) is 9.83 Å². The van der Waals surface area contributed by atoms with Crippen LogP contribution in [-0.2, 0) is 0 Å². The second kappa shape index (κ2) is 5.42. The van der Waals surface area contributed by atoms with Gasteiger partial charge >= 0.3 is 0 Å². The van der Waals surface area contributed by atoms with Crippen LogP contribution in [0.1, 0.15) is 16.5 Å². The van der Waals surface area contributed by atoms with E-state index < -0.39 is 23.5 Å². The van der Waals surface area contributed by atoms with E-state index in [9.17, 15) is 13.2 Å². The molecule has 0 spiro atoms. The van der Waals surface area contributed by atoms with Gasteiger partial charge in [0.15, 0.2) is 17.5 Å². The molecule has 0 aliphatic rings. The molecule has 2 rings (SSSR count). The first-order chi connectivity index (χ1) is 8.54. The van der Waals surface area contributed by atoms with E-state index in [2.05, 4.69) is 21.2 Å². The zero-order valence-corrected chi connectivity index (χ0v) is 11.7. The van der Waals surface area contributed by atoms with E-state index >= 15 is 0 Å². The molecule has 0 fully saturated rings. The van der Waals surface area contributed by atoms with E-state index in [4.69, 9.17) is 0 Å². The van der Waals surface area contributed by atoms with Crippen LogP contribution >= 0.6 is 27.3 Å². The summed E-state index contributed by atoms with van der Waals surface area (Å²) < 4.78 is 40.7. The molecule has 1 aromatic carbocycles. The van der Waals surface area contributed by atoms with Gasteiger partial charge in [-0.3, -0.25) is 0 Å². The van der Waals surface area contributed by atoms with Gasteiger partial charge in [-0.25, -0.2) is 13.2 Å². The lowest BCUT2D eigenvalue weighted by atomic mass is 10.0. The molecule has 1 aromatic heterocycles. The third-order valence-corrected chi connectivity index (χ3v) is 4.23. The van der Waals surface area contributed by atoms with Crippen molar-refractivity contribution in [1.29, 1.82) is 0 Å². The summed E-state index contributed by atoms with van der Waals surface area (Å²) in [6.07, 6.45) is 0. The average molecular weight is 336 g/mol. The van der Waals surface area contributed by atoms with Crippen molar-refractivity contribution in [3.63, 3.8) is 0 Å². The van der Waals surface area contributed by atoms with Crippen LogP contribution in [0.25, 0.3) is 0 Å². The fourth-order valence-electron chi connectivity index (χ4n) is 1.70. The molecule has 1 atom stereocenters. The van der Waals surface area contributed by atoms with E-state index in [0.29, 0.717) is 0 Å². The molecule has 1 heterocycles. The highest BCUT2D eigenvalue weighted by molar-refractivity contribution is 9.11. The van der Waals surface area contributed by atoms with Gasteiger partial charge in [-0.1, -0.05) is 6.07 Å². The maximum atomic E-state index is 13.7. The predicted molar refractivity (Wildman–Crippen MR) is 69.2 cm³/mol. The Bertz CT molecular complexity index is 570. The highest BCUT2D eigenvalue weighted by Crippen LogP contribution is 2.33. The molecule has 0 saturated heterocycles. The summed E-state index contributed by atoms with van der Waals surface area (Å²) in [7, 11) is 1.64. The Morgan fingerprint density at radius 3 is 2.39 bits per heavy atom. The van der Waals surface area contributed by atoms with E-state index in [-0.39, 0.29) is 5.56 Å². The number of thiophene rings is 1. The van der Waals surface area contributed by atoms with Gasteiger partial charge in [-0.15, -0.1) is 11.3 Å². The summed E-state index contributed by atoms with van der Waals surface area (Å²) in [6, 6.07) is 5.30. The lowest BCUT2D eigenvalue weighted by Crippen LogP contribution is -2.18. The molecule has 0 aliphatic carbocycles. The molecule has 0 amide bonds. The van der Waals surface area contributed by atoms with Gasteiger partial charge in [0.25, 0.3) is 0 Å². The molecule has 6 heteroatoms. The maximum Gasteiger partial charge on any atom is 0.194 e. The zero-order valence-electron chi connectivity index (χ0n) is 9.31. The van der Waals surface area contributed by atoms with Crippen molar-refractivity contribution < 1.29 is 13.2 Å². The monoisotopic (exact) mass is 335 g/mol. The Morgan fingerprint density at radius 2 is 1.83 bits per heavy atom. The topological polar surface area (TPSA) is 12.0 Å². The second-order valence-electron chi connectivity index (χ2n) is 3.63. The number of hydrogen-bond donors (Lipinski definition) is 1. The normalized spacial score (nSPS) is 12.7. The number of halogens is 4. The third kappa shape index (κ3) is 2.46. The van der Waals surface area contributed by atoms with Crippen LogP contribution in [0.2, 0.25) is 0 Å². The van der Waals surface area contributed by atoms with Crippen molar-refractivity contribution in [3.05, 3.63) is 55.9 Å². The van der Waals surface area contributed by atoms with Crippen LogP contribution in [0.4, 0.5) is 13.2 Å². The fourth-order valence-corrected chi connectivity index (χ4v) is 3.25. The molecule has 96 valence electrons. The summed E-state index contributed by atoms with van der Waals surface area (Å²) in [5, 5.41) is 2.90. The van der Waals surface area contributed by atoms with E-state index in [1.165, 1.54) is 17.4 Å². The van der Waals surface area contributed by atoms with Gasteiger partial charge < -0.3 is 5.32 Å². The van der Waals surface area contributed by atoms with Crippen LogP contribution in [0.3, 0.4) is 0 Å². The van der Waals surface area contributed by atoms with Crippen LogP contribution in [0, 0.1) is 17.5 Å². The Balaban J connectivity index is 2.49. The maximum absolute atomic E-state index is 13.7. The summed E-state index contributed by atoms with van der Waals surface area (Å²) in [4.78, 5) is 0.814. The van der Waals surface area contributed by atoms with Gasteiger partial charge in [0.1, 0.15) is 0 Å². The van der Waals surface area contributed by atoms with Crippen LogP contribution in [0.5, 0.6) is 0 Å². The Morgan fingerprint density at radius 1 is 1.11 bits per heavy atom. The molecule has 0 saturated carbocycles. The molecule has 0 aliphatic heterocycles. The fraction of sp³-hybridized carbons (Fsp3) is 0.167. The van der Waals surface area contributed by atoms with Crippen molar-refractivity contribution in [2.45, 2.75) is 6.04 Å². The van der Waals surface area contributed by atoms with E-state index in [0.717, 1.165) is 14.7 Å². The van der Waals surface area contributed by atoms with Crippen molar-refractivity contribution in [2.24, 2.45) is 0 Å². The predicted octanol–water partition coefficient (Wildman–Crippen LogP) is 4.24. The molecular weight excluding hydrogens is 327 g/mol. The minimum atomic E-state index is -1.44. The van der Waals surface area contributed by atoms with Crippen molar-refractivity contribution in [2.75, 3.05) is 7.05 Å². The van der Waals surface area contributed by atoms with Crippen LogP contribution < -0.4 is 5.32 Å². The highest BCUT2D eigenvalue weighted by atomic mass is 79.9. The second-order valence-corrected chi connectivity index (χ2v) is 6.12. The quantitative estimate of drug-likeness (QED) is 0.827. The van der Waals surface area contributed by atoms with Crippen molar-refractivity contribution in [3.8, 4) is 0 Å². The first-order valence-corrected chi connectivity index (χ1v) is 6.71. The minimum absolute atomic E-state index is 0.0887. The molecule has 1 nitrogen and oxygen atoms in total. The Labute approximate surface area is 115 Å². The number of nitrogens with one attached hydrogen (secondary N) is 1. The van der Waals surface area contributed by atoms with Crippen molar-refractivity contribution in [1.82, 2.24) is 5.32 Å². The van der Waals surface area contributed by atoms with E-state index in [1.54, 1.807) is 13.1 Å². The first kappa shape index (κ1) is 13.6. The largest absolute Gasteiger partial charge is 0.309 e. The van der Waals surface area contributed by atoms with Crippen molar-refractivity contribution >= 4 is 27.3 Å². The van der Waals surface area contributed by atoms with Gasteiger partial charge in [0, 0.05) is 10.4 Å². The lowest BCUT2D eigenvalue weighted by molar-refractivity contribution is 0.435. The van der Waals surface area contributed by atoms with Crippen LogP contribution in [0.15, 0.2) is 28.1 Å². The summed E-state index contributed by atoms with van der Waals surface area (Å²) >= 11 is 4.72. The smallest absolute Gasteiger partial charge is 0.194 e. The van der Waals surface area contributed by atoms with E-state index in [1.807, 2.05) is 6.07 Å². The third-order valence-electron chi connectivity index (χ3n) is 2.54. The summed E-state index contributed by atoms with van der Waals surface area (Å²) in [5.41, 5.74) is 0.0887. The van der Waals surface area contributed by atoms with Gasteiger partial charge in [0.2, 0.25) is 0 Å². The number of hydrogen-bond acceptors (Lipinski definition) is 2. The molecule has 1 unspecified atom stereocenters.